The third kappa shape index (κ3) is 34.5. The summed E-state index contributed by atoms with van der Waals surface area (Å²) in [5.74, 6) is -1.97. The number of hydrogen-bond acceptors (Lipinski definition) is 12. The lowest BCUT2D eigenvalue weighted by Gasteiger charge is -2.27. The van der Waals surface area contributed by atoms with Crippen LogP contribution in [0.4, 0.5) is 0 Å². The lowest BCUT2D eigenvalue weighted by Crippen LogP contribution is -2.35. The van der Waals surface area contributed by atoms with Gasteiger partial charge in [0.05, 0.1) is 14.2 Å². The molecule has 0 aromatic rings. The van der Waals surface area contributed by atoms with Crippen molar-refractivity contribution in [2.45, 2.75) is 258 Å². The second-order valence-corrected chi connectivity index (χ2v) is 16.4. The van der Waals surface area contributed by atoms with Gasteiger partial charge in [-0.3, -0.25) is 28.8 Å². The summed E-state index contributed by atoms with van der Waals surface area (Å²) in [6.07, 6.45) is 23.8. The van der Waals surface area contributed by atoms with Gasteiger partial charge >= 0.3 is 35.8 Å². The Hall–Kier alpha value is -3.18. The molecule has 0 heterocycles. The van der Waals surface area contributed by atoms with Gasteiger partial charge in [0, 0.05) is 39.5 Å². The predicted octanol–water partition coefficient (Wildman–Crippen LogP) is 11.5. The largest absolute Gasteiger partial charge is 0.469 e. The normalized spacial score (nSPS) is 13.1. The fourth-order valence-corrected chi connectivity index (χ4v) is 7.45. The number of hydrogen-bond donors (Lipinski definition) is 0. The molecular formula is C48H86O12. The van der Waals surface area contributed by atoms with E-state index in [-0.39, 0.29) is 36.7 Å². The molecule has 0 radical (unpaired) electrons. The summed E-state index contributed by atoms with van der Waals surface area (Å²) in [6, 6.07) is 0. The van der Waals surface area contributed by atoms with Gasteiger partial charge in [-0.2, -0.15) is 0 Å². The minimum atomic E-state index is -0.558. The van der Waals surface area contributed by atoms with E-state index in [9.17, 15) is 28.8 Å². The fourth-order valence-electron chi connectivity index (χ4n) is 7.45. The molecule has 4 atom stereocenters. The Balaban J connectivity index is 5.36. The first-order valence-electron chi connectivity index (χ1n) is 23.8. The molecule has 0 saturated carbocycles. The molecule has 0 bridgehead atoms. The van der Waals surface area contributed by atoms with Crippen molar-refractivity contribution in [3.8, 4) is 0 Å². The summed E-state index contributed by atoms with van der Waals surface area (Å²) >= 11 is 0. The van der Waals surface area contributed by atoms with Gasteiger partial charge in [-0.05, 0) is 77.0 Å². The lowest BCUT2D eigenvalue weighted by molar-refractivity contribution is -0.169. The van der Waals surface area contributed by atoms with Gasteiger partial charge in [-0.25, -0.2) is 0 Å². The van der Waals surface area contributed by atoms with E-state index in [1.165, 1.54) is 47.3 Å². The number of unbranched alkanes of at least 4 members (excludes halogenated alkanes) is 19. The van der Waals surface area contributed by atoms with Crippen LogP contribution < -0.4 is 0 Å². The molecule has 12 heteroatoms. The molecule has 350 valence electrons. The van der Waals surface area contributed by atoms with Crippen LogP contribution in [-0.2, 0) is 57.2 Å². The zero-order valence-electron chi connectivity index (χ0n) is 38.8. The smallest absolute Gasteiger partial charge is 0.306 e. The van der Waals surface area contributed by atoms with E-state index in [2.05, 4.69) is 13.8 Å². The summed E-state index contributed by atoms with van der Waals surface area (Å²) in [7, 11) is 2.79. The number of carbonyl (C=O) groups is 6. The molecule has 0 aliphatic carbocycles. The first-order chi connectivity index (χ1) is 29.0. The fraction of sp³-hybridized carbons (Fsp3) is 0.875. The number of esters is 6. The highest BCUT2D eigenvalue weighted by Crippen LogP contribution is 2.24. The lowest BCUT2D eigenvalue weighted by atomic mass is 9.99. The van der Waals surface area contributed by atoms with Crippen molar-refractivity contribution in [3.05, 3.63) is 0 Å². The van der Waals surface area contributed by atoms with Gasteiger partial charge in [-0.1, -0.05) is 117 Å². The maximum atomic E-state index is 13.2. The van der Waals surface area contributed by atoms with E-state index in [4.69, 9.17) is 28.4 Å². The Morgan fingerprint density at radius 1 is 0.317 bits per heavy atom. The molecule has 0 aliphatic heterocycles. The van der Waals surface area contributed by atoms with Crippen LogP contribution in [0.25, 0.3) is 0 Å². The minimum absolute atomic E-state index is 0.123. The molecular weight excluding hydrogens is 769 g/mol. The average molecular weight is 855 g/mol. The van der Waals surface area contributed by atoms with Crippen molar-refractivity contribution < 1.29 is 57.2 Å². The Bertz CT molecular complexity index is 1120. The number of methoxy groups -OCH3 is 2. The van der Waals surface area contributed by atoms with E-state index in [0.29, 0.717) is 51.4 Å². The first kappa shape index (κ1) is 56.8. The van der Waals surface area contributed by atoms with Crippen LogP contribution in [0.15, 0.2) is 0 Å². The zero-order chi connectivity index (χ0) is 44.6. The summed E-state index contributed by atoms with van der Waals surface area (Å²) in [5.41, 5.74) is 0. The number of ether oxygens (including phenoxy) is 6. The van der Waals surface area contributed by atoms with Crippen LogP contribution in [-0.4, -0.2) is 74.5 Å². The summed E-state index contributed by atoms with van der Waals surface area (Å²) in [4.78, 5) is 73.6. The van der Waals surface area contributed by atoms with Crippen molar-refractivity contribution in [1.82, 2.24) is 0 Å². The zero-order valence-corrected chi connectivity index (χ0v) is 38.8. The van der Waals surface area contributed by atoms with E-state index in [0.717, 1.165) is 122 Å². The molecule has 0 aromatic heterocycles. The van der Waals surface area contributed by atoms with Crippen molar-refractivity contribution in [1.29, 1.82) is 0 Å². The summed E-state index contributed by atoms with van der Waals surface area (Å²) < 4.78 is 33.0. The highest BCUT2D eigenvalue weighted by molar-refractivity contribution is 5.71. The molecule has 60 heavy (non-hydrogen) atoms. The van der Waals surface area contributed by atoms with Crippen molar-refractivity contribution in [3.63, 3.8) is 0 Å². The van der Waals surface area contributed by atoms with Gasteiger partial charge < -0.3 is 28.4 Å². The standard InChI is InChI=1S/C48H86O12/c1-7-9-11-13-17-23-31-41(57-39(3)49)44(34-26-20-16-22-28-36-46(52)56-6)60-48(54)38-30-29-37-47(53)59-43(33-25-18-14-12-10-8-2)42(58-40(4)50)32-24-19-15-21-27-35-45(51)55-5/h41-44H,7-38H2,1-6H3. The highest BCUT2D eigenvalue weighted by atomic mass is 16.6. The molecule has 0 N–H and O–H groups in total. The average Bonchev–Trinajstić information content (AvgIpc) is 3.21. The van der Waals surface area contributed by atoms with Crippen molar-refractivity contribution >= 4 is 35.8 Å². The third-order valence-corrected chi connectivity index (χ3v) is 10.9. The van der Waals surface area contributed by atoms with E-state index in [1.54, 1.807) is 0 Å². The molecule has 0 amide bonds. The van der Waals surface area contributed by atoms with Crippen LogP contribution in [0.5, 0.6) is 0 Å². The van der Waals surface area contributed by atoms with Crippen molar-refractivity contribution in [2.24, 2.45) is 0 Å². The van der Waals surface area contributed by atoms with E-state index in [1.807, 2.05) is 0 Å². The maximum absolute atomic E-state index is 13.2. The van der Waals surface area contributed by atoms with Gasteiger partial charge in [0.15, 0.2) is 0 Å². The maximum Gasteiger partial charge on any atom is 0.306 e. The first-order valence-corrected chi connectivity index (χ1v) is 23.8. The van der Waals surface area contributed by atoms with Crippen LogP contribution in [0.1, 0.15) is 233 Å². The number of carbonyl (C=O) groups excluding carboxylic acids is 6. The van der Waals surface area contributed by atoms with Gasteiger partial charge in [0.2, 0.25) is 0 Å². The van der Waals surface area contributed by atoms with Gasteiger partial charge in [-0.15, -0.1) is 0 Å². The third-order valence-electron chi connectivity index (χ3n) is 10.9. The molecule has 0 aliphatic rings. The summed E-state index contributed by atoms with van der Waals surface area (Å²) in [6.45, 7) is 7.13. The molecule has 0 rings (SSSR count). The van der Waals surface area contributed by atoms with E-state index < -0.39 is 36.4 Å². The van der Waals surface area contributed by atoms with Crippen LogP contribution in [0.3, 0.4) is 0 Å². The second kappa shape index (κ2) is 39.9. The monoisotopic (exact) mass is 855 g/mol. The molecule has 0 aromatic carbocycles. The minimum Gasteiger partial charge on any atom is -0.469 e. The summed E-state index contributed by atoms with van der Waals surface area (Å²) in [5, 5.41) is 0. The molecule has 12 nitrogen and oxygen atoms in total. The molecule has 4 unspecified atom stereocenters. The Morgan fingerprint density at radius 3 is 0.833 bits per heavy atom. The van der Waals surface area contributed by atoms with Crippen LogP contribution >= 0.6 is 0 Å². The number of rotatable bonds is 41. The SMILES string of the molecule is CCCCCCCCC(OC(C)=O)C(CCCCCCCC(=O)OC)OC(=O)CCCCC(=O)OC(CCCCCCCC)C(CCCCCCCC(=O)OC)OC(C)=O. The molecule has 0 saturated heterocycles. The quantitative estimate of drug-likeness (QED) is 0.0326. The van der Waals surface area contributed by atoms with E-state index >= 15 is 0 Å². The Labute approximate surface area is 364 Å². The van der Waals surface area contributed by atoms with Gasteiger partial charge in [0.25, 0.3) is 0 Å². The van der Waals surface area contributed by atoms with Crippen LogP contribution in [0, 0.1) is 0 Å². The molecule has 0 fully saturated rings. The molecule has 0 spiro atoms. The highest BCUT2D eigenvalue weighted by Gasteiger charge is 2.29. The van der Waals surface area contributed by atoms with Crippen LogP contribution in [0.2, 0.25) is 0 Å². The predicted molar refractivity (Wildman–Crippen MR) is 234 cm³/mol. The Kier molecular flexibility index (Phi) is 37.8. The Morgan fingerprint density at radius 2 is 0.550 bits per heavy atom. The topological polar surface area (TPSA) is 158 Å². The second-order valence-electron chi connectivity index (χ2n) is 16.4. The van der Waals surface area contributed by atoms with Crippen molar-refractivity contribution in [2.75, 3.05) is 14.2 Å². The van der Waals surface area contributed by atoms with Gasteiger partial charge in [0.1, 0.15) is 24.4 Å².